The molecule has 2 aromatic carbocycles. The highest BCUT2D eigenvalue weighted by Gasteiger charge is 2.33. The zero-order valence-corrected chi connectivity index (χ0v) is 14.3. The number of nitrogens with zero attached hydrogens (tertiary/aromatic N) is 1. The van der Waals surface area contributed by atoms with Gasteiger partial charge in [-0.15, -0.1) is 0 Å². The molecule has 3 nitrogen and oxygen atoms in total. The molecule has 3 rings (SSSR count). The maximum atomic E-state index is 13.1. The van der Waals surface area contributed by atoms with Crippen LogP contribution in [0.4, 0.5) is 4.39 Å². The van der Waals surface area contributed by atoms with E-state index in [0.29, 0.717) is 17.9 Å². The SMILES string of the molecule is COc1ccc(Br)c(C(=O)N(Cc2ccc(F)cc2)C2CC2)c1. The zero-order chi connectivity index (χ0) is 16.4. The number of amides is 1. The van der Waals surface area contributed by atoms with Gasteiger partial charge in [0.15, 0.2) is 0 Å². The summed E-state index contributed by atoms with van der Waals surface area (Å²) in [6.45, 7) is 0.480. The van der Waals surface area contributed by atoms with Crippen molar-refractivity contribution in [1.82, 2.24) is 4.90 Å². The quantitative estimate of drug-likeness (QED) is 0.772. The van der Waals surface area contributed by atoms with Gasteiger partial charge in [0.2, 0.25) is 0 Å². The Bertz CT molecular complexity index is 713. The highest BCUT2D eigenvalue weighted by Crippen LogP contribution is 2.32. The lowest BCUT2D eigenvalue weighted by Gasteiger charge is -2.23. The third-order valence-corrected chi connectivity index (χ3v) is 4.61. The number of carbonyl (C=O) groups excluding carboxylic acids is 1. The molecule has 0 heterocycles. The lowest BCUT2D eigenvalue weighted by Crippen LogP contribution is -2.32. The lowest BCUT2D eigenvalue weighted by molar-refractivity contribution is 0.0728. The first-order valence-corrected chi connectivity index (χ1v) is 8.26. The van der Waals surface area contributed by atoms with Gasteiger partial charge in [-0.05, 0) is 64.7 Å². The molecule has 0 radical (unpaired) electrons. The molecule has 0 aromatic heterocycles. The smallest absolute Gasteiger partial charge is 0.255 e. The Morgan fingerprint density at radius 3 is 2.57 bits per heavy atom. The number of benzene rings is 2. The van der Waals surface area contributed by atoms with E-state index >= 15 is 0 Å². The summed E-state index contributed by atoms with van der Waals surface area (Å²) < 4.78 is 19.0. The minimum atomic E-state index is -0.270. The van der Waals surface area contributed by atoms with E-state index < -0.39 is 0 Å². The fraction of sp³-hybridized carbons (Fsp3) is 0.278. The molecular formula is C18H17BrFNO2. The molecule has 0 spiro atoms. The largest absolute Gasteiger partial charge is 0.497 e. The summed E-state index contributed by atoms with van der Waals surface area (Å²) in [6, 6.07) is 11.9. The number of hydrogen-bond acceptors (Lipinski definition) is 2. The van der Waals surface area contributed by atoms with Crippen molar-refractivity contribution in [3.05, 3.63) is 63.9 Å². The van der Waals surface area contributed by atoms with Crippen LogP contribution in [0.2, 0.25) is 0 Å². The van der Waals surface area contributed by atoms with Gasteiger partial charge in [0.1, 0.15) is 11.6 Å². The van der Waals surface area contributed by atoms with Crippen LogP contribution in [-0.2, 0) is 6.54 Å². The van der Waals surface area contributed by atoms with Crippen LogP contribution in [0, 0.1) is 5.82 Å². The van der Waals surface area contributed by atoms with Crippen LogP contribution in [0.5, 0.6) is 5.75 Å². The third kappa shape index (κ3) is 3.72. The molecule has 120 valence electrons. The molecule has 1 saturated carbocycles. The minimum Gasteiger partial charge on any atom is -0.497 e. The molecule has 23 heavy (non-hydrogen) atoms. The second kappa shape index (κ2) is 6.71. The summed E-state index contributed by atoms with van der Waals surface area (Å²) in [7, 11) is 1.58. The maximum absolute atomic E-state index is 13.1. The second-order valence-corrected chi connectivity index (χ2v) is 6.49. The van der Waals surface area contributed by atoms with Crippen LogP contribution in [0.15, 0.2) is 46.9 Å². The molecule has 0 bridgehead atoms. The van der Waals surface area contributed by atoms with Gasteiger partial charge in [0.05, 0.1) is 12.7 Å². The van der Waals surface area contributed by atoms with Gasteiger partial charge < -0.3 is 9.64 Å². The number of hydrogen-bond donors (Lipinski definition) is 0. The number of halogens is 2. The second-order valence-electron chi connectivity index (χ2n) is 5.64. The van der Waals surface area contributed by atoms with Crippen molar-refractivity contribution >= 4 is 21.8 Å². The van der Waals surface area contributed by atoms with Crippen LogP contribution >= 0.6 is 15.9 Å². The first-order valence-electron chi connectivity index (χ1n) is 7.47. The zero-order valence-electron chi connectivity index (χ0n) is 12.8. The first-order chi connectivity index (χ1) is 11.1. The Kier molecular flexibility index (Phi) is 4.66. The van der Waals surface area contributed by atoms with Gasteiger partial charge in [-0.25, -0.2) is 4.39 Å². The van der Waals surface area contributed by atoms with Crippen LogP contribution in [0.3, 0.4) is 0 Å². The van der Waals surface area contributed by atoms with Crippen molar-refractivity contribution in [3.63, 3.8) is 0 Å². The van der Waals surface area contributed by atoms with Crippen LogP contribution < -0.4 is 4.74 Å². The summed E-state index contributed by atoms with van der Waals surface area (Å²) >= 11 is 3.44. The van der Waals surface area contributed by atoms with Crippen molar-refractivity contribution in [2.24, 2.45) is 0 Å². The van der Waals surface area contributed by atoms with E-state index in [2.05, 4.69) is 15.9 Å². The molecule has 1 fully saturated rings. The van der Waals surface area contributed by atoms with E-state index in [9.17, 15) is 9.18 Å². The highest BCUT2D eigenvalue weighted by atomic mass is 79.9. The van der Waals surface area contributed by atoms with Crippen LogP contribution in [0.25, 0.3) is 0 Å². The molecule has 1 amide bonds. The van der Waals surface area contributed by atoms with Crippen molar-refractivity contribution in [2.75, 3.05) is 7.11 Å². The Balaban J connectivity index is 1.86. The first kappa shape index (κ1) is 16.0. The predicted octanol–water partition coefficient (Wildman–Crippen LogP) is 4.40. The summed E-state index contributed by atoms with van der Waals surface area (Å²) in [6.07, 6.45) is 2.02. The molecular weight excluding hydrogens is 361 g/mol. The van der Waals surface area contributed by atoms with Crippen LogP contribution in [0.1, 0.15) is 28.8 Å². The van der Waals surface area contributed by atoms with E-state index in [0.717, 1.165) is 22.9 Å². The fourth-order valence-electron chi connectivity index (χ4n) is 2.49. The third-order valence-electron chi connectivity index (χ3n) is 3.92. The van der Waals surface area contributed by atoms with Crippen molar-refractivity contribution in [1.29, 1.82) is 0 Å². The van der Waals surface area contributed by atoms with E-state index in [1.807, 2.05) is 17.0 Å². The van der Waals surface area contributed by atoms with Crippen molar-refractivity contribution in [2.45, 2.75) is 25.4 Å². The monoisotopic (exact) mass is 377 g/mol. The van der Waals surface area contributed by atoms with E-state index in [1.165, 1.54) is 12.1 Å². The standard InChI is InChI=1S/C18H17BrFNO2/c1-23-15-8-9-17(19)16(10-15)18(22)21(14-6-7-14)11-12-2-4-13(20)5-3-12/h2-5,8-10,14H,6-7,11H2,1H3. The minimum absolute atomic E-state index is 0.0393. The maximum Gasteiger partial charge on any atom is 0.255 e. The Hall–Kier alpha value is -1.88. The van der Waals surface area contributed by atoms with E-state index in [4.69, 9.17) is 4.74 Å². The van der Waals surface area contributed by atoms with Gasteiger partial charge in [0, 0.05) is 17.1 Å². The summed E-state index contributed by atoms with van der Waals surface area (Å²) in [5, 5.41) is 0. The van der Waals surface area contributed by atoms with Crippen molar-refractivity contribution < 1.29 is 13.9 Å². The Morgan fingerprint density at radius 2 is 1.96 bits per heavy atom. The molecule has 0 unspecified atom stereocenters. The molecule has 0 N–H and O–H groups in total. The Morgan fingerprint density at radius 1 is 1.26 bits per heavy atom. The van der Waals surface area contributed by atoms with Gasteiger partial charge in [0.25, 0.3) is 5.91 Å². The average molecular weight is 378 g/mol. The molecule has 5 heteroatoms. The van der Waals surface area contributed by atoms with Gasteiger partial charge in [-0.2, -0.15) is 0 Å². The molecule has 0 atom stereocenters. The highest BCUT2D eigenvalue weighted by molar-refractivity contribution is 9.10. The normalized spacial score (nSPS) is 13.7. The van der Waals surface area contributed by atoms with Gasteiger partial charge in [-0.1, -0.05) is 12.1 Å². The predicted molar refractivity (Wildman–Crippen MR) is 90.0 cm³/mol. The van der Waals surface area contributed by atoms with Gasteiger partial charge in [-0.3, -0.25) is 4.79 Å². The van der Waals surface area contributed by atoms with Gasteiger partial charge >= 0.3 is 0 Å². The Labute approximate surface area is 143 Å². The topological polar surface area (TPSA) is 29.5 Å². The van der Waals surface area contributed by atoms with Crippen LogP contribution in [-0.4, -0.2) is 24.0 Å². The molecule has 1 aliphatic rings. The summed E-state index contributed by atoms with van der Waals surface area (Å²) in [5.41, 5.74) is 1.50. The number of methoxy groups -OCH3 is 1. The fourth-order valence-corrected chi connectivity index (χ4v) is 2.91. The van der Waals surface area contributed by atoms with Crippen molar-refractivity contribution in [3.8, 4) is 5.75 Å². The summed E-state index contributed by atoms with van der Waals surface area (Å²) in [4.78, 5) is 14.8. The van der Waals surface area contributed by atoms with E-state index in [1.54, 1.807) is 25.3 Å². The molecule has 0 aliphatic heterocycles. The number of ether oxygens (including phenoxy) is 1. The molecule has 2 aromatic rings. The molecule has 0 saturated heterocycles. The number of rotatable bonds is 5. The average Bonchev–Trinajstić information content (AvgIpc) is 3.39. The van der Waals surface area contributed by atoms with E-state index in [-0.39, 0.29) is 17.8 Å². The lowest BCUT2D eigenvalue weighted by atomic mass is 10.1. The summed E-state index contributed by atoms with van der Waals surface area (Å²) in [5.74, 6) is 0.338. The molecule has 1 aliphatic carbocycles. The number of carbonyl (C=O) groups is 1.